The van der Waals surface area contributed by atoms with Gasteiger partial charge in [-0.2, -0.15) is 15.4 Å². The fraction of sp³-hybridized carbons (Fsp3) is 0.222. The quantitative estimate of drug-likeness (QED) is 0.547. The van der Waals surface area contributed by atoms with Gasteiger partial charge < -0.3 is 4.98 Å². The van der Waals surface area contributed by atoms with Crippen molar-refractivity contribution in [2.75, 3.05) is 0 Å². The van der Waals surface area contributed by atoms with E-state index in [1.165, 1.54) is 10.8 Å². The third-order valence-electron chi connectivity index (χ3n) is 2.61. The fourth-order valence-corrected chi connectivity index (χ4v) is 1.77. The molecule has 0 aromatic carbocycles. The standard InChI is InChI=1S/C9H9N7O2/c1-2-16-7-5(8(17)13-9(16)18)11-6(12-7)4-3-10-15-14-4/h3H,2H2,1H3,(H,11,12)(H,10,14,15)(H,13,17,18). The molecule has 92 valence electrons. The Labute approximate surface area is 98.9 Å². The van der Waals surface area contributed by atoms with Crippen molar-refractivity contribution in [2.45, 2.75) is 13.5 Å². The summed E-state index contributed by atoms with van der Waals surface area (Å²) in [4.78, 5) is 32.5. The maximum Gasteiger partial charge on any atom is 0.330 e. The minimum Gasteiger partial charge on any atom is -0.331 e. The first kappa shape index (κ1) is 10.4. The summed E-state index contributed by atoms with van der Waals surface area (Å²) in [5, 5.41) is 9.97. The van der Waals surface area contributed by atoms with Crippen LogP contribution in [-0.2, 0) is 6.54 Å². The second kappa shape index (κ2) is 3.65. The van der Waals surface area contributed by atoms with Crippen LogP contribution in [0.15, 0.2) is 15.8 Å². The summed E-state index contributed by atoms with van der Waals surface area (Å²) in [5.74, 6) is 0.386. The number of hydrogen-bond donors (Lipinski definition) is 3. The Balaban J connectivity index is 2.39. The Morgan fingerprint density at radius 3 is 2.83 bits per heavy atom. The van der Waals surface area contributed by atoms with Crippen molar-refractivity contribution in [3.63, 3.8) is 0 Å². The second-order valence-corrected chi connectivity index (χ2v) is 3.64. The molecule has 0 amide bonds. The van der Waals surface area contributed by atoms with Crippen LogP contribution < -0.4 is 11.2 Å². The molecule has 3 aromatic heterocycles. The number of nitrogens with zero attached hydrogens (tertiary/aromatic N) is 4. The van der Waals surface area contributed by atoms with Crippen molar-refractivity contribution in [1.29, 1.82) is 0 Å². The van der Waals surface area contributed by atoms with E-state index in [1.807, 2.05) is 0 Å². The number of hydrogen-bond acceptors (Lipinski definition) is 5. The molecule has 0 aliphatic carbocycles. The molecule has 0 atom stereocenters. The topological polar surface area (TPSA) is 125 Å². The Kier molecular flexibility index (Phi) is 2.12. The van der Waals surface area contributed by atoms with E-state index >= 15 is 0 Å². The molecule has 0 saturated heterocycles. The van der Waals surface area contributed by atoms with Gasteiger partial charge in [-0.15, -0.1) is 0 Å². The van der Waals surface area contributed by atoms with E-state index < -0.39 is 11.2 Å². The van der Waals surface area contributed by atoms with E-state index in [0.717, 1.165) is 0 Å². The average molecular weight is 247 g/mol. The number of imidazole rings is 1. The van der Waals surface area contributed by atoms with Crippen LogP contribution >= 0.6 is 0 Å². The summed E-state index contributed by atoms with van der Waals surface area (Å²) < 4.78 is 1.37. The minimum atomic E-state index is -0.498. The van der Waals surface area contributed by atoms with Crippen molar-refractivity contribution >= 4 is 11.2 Å². The average Bonchev–Trinajstić information content (AvgIpc) is 2.97. The molecule has 9 nitrogen and oxygen atoms in total. The SMILES string of the molecule is CCn1c(=O)[nH]c(=O)c2[nH]c(-c3cn[nH]n3)nc21. The van der Waals surface area contributed by atoms with Crippen LogP contribution in [0.5, 0.6) is 0 Å². The lowest BCUT2D eigenvalue weighted by Crippen LogP contribution is -2.29. The zero-order valence-corrected chi connectivity index (χ0v) is 9.39. The molecule has 0 saturated carbocycles. The summed E-state index contributed by atoms with van der Waals surface area (Å²) in [5.41, 5.74) is 0.0505. The predicted octanol–water partition coefficient (Wildman–Crippen LogP) is -0.782. The first-order valence-corrected chi connectivity index (χ1v) is 5.29. The number of aromatic nitrogens is 7. The van der Waals surface area contributed by atoms with Gasteiger partial charge in [-0.25, -0.2) is 9.78 Å². The lowest BCUT2D eigenvalue weighted by atomic mass is 10.5. The number of aryl methyl sites for hydroxylation is 1. The van der Waals surface area contributed by atoms with E-state index in [-0.39, 0.29) is 5.52 Å². The molecule has 0 aliphatic heterocycles. The molecule has 0 aliphatic rings. The minimum absolute atomic E-state index is 0.245. The zero-order chi connectivity index (χ0) is 12.7. The third kappa shape index (κ3) is 1.37. The van der Waals surface area contributed by atoms with Crippen LogP contribution in [0.25, 0.3) is 22.7 Å². The van der Waals surface area contributed by atoms with Gasteiger partial charge in [0.1, 0.15) is 11.2 Å². The van der Waals surface area contributed by atoms with E-state index in [9.17, 15) is 9.59 Å². The van der Waals surface area contributed by atoms with Gasteiger partial charge in [-0.05, 0) is 6.92 Å². The van der Waals surface area contributed by atoms with Gasteiger partial charge >= 0.3 is 5.69 Å². The van der Waals surface area contributed by atoms with Crippen LogP contribution in [0, 0.1) is 0 Å². The summed E-state index contributed by atoms with van der Waals surface area (Å²) in [6.45, 7) is 2.21. The van der Waals surface area contributed by atoms with Gasteiger partial charge in [-0.1, -0.05) is 0 Å². The van der Waals surface area contributed by atoms with Gasteiger partial charge in [0.15, 0.2) is 11.5 Å². The highest BCUT2D eigenvalue weighted by molar-refractivity contribution is 5.74. The molecule has 3 heterocycles. The number of H-pyrrole nitrogens is 3. The van der Waals surface area contributed by atoms with Crippen LogP contribution in [0.2, 0.25) is 0 Å². The third-order valence-corrected chi connectivity index (χ3v) is 2.61. The first-order chi connectivity index (χ1) is 8.70. The van der Waals surface area contributed by atoms with Crippen molar-refractivity contribution in [3.05, 3.63) is 27.0 Å². The van der Waals surface area contributed by atoms with Crippen LogP contribution in [0.1, 0.15) is 6.92 Å². The molecule has 3 rings (SSSR count). The van der Waals surface area contributed by atoms with Gasteiger partial charge in [0.2, 0.25) is 0 Å². The van der Waals surface area contributed by atoms with E-state index in [2.05, 4.69) is 30.4 Å². The van der Waals surface area contributed by atoms with Gasteiger partial charge in [-0.3, -0.25) is 14.3 Å². The summed E-state index contributed by atoms with van der Waals surface area (Å²) >= 11 is 0. The van der Waals surface area contributed by atoms with Crippen molar-refractivity contribution in [1.82, 2.24) is 34.9 Å². The van der Waals surface area contributed by atoms with Crippen molar-refractivity contribution in [2.24, 2.45) is 0 Å². The van der Waals surface area contributed by atoms with Crippen molar-refractivity contribution in [3.8, 4) is 11.5 Å². The van der Waals surface area contributed by atoms with Gasteiger partial charge in [0.25, 0.3) is 5.56 Å². The van der Waals surface area contributed by atoms with Crippen LogP contribution in [0.3, 0.4) is 0 Å². The molecule has 3 aromatic rings. The largest absolute Gasteiger partial charge is 0.331 e. The fourth-order valence-electron chi connectivity index (χ4n) is 1.77. The number of fused-ring (bicyclic) bond motifs is 1. The molecule has 18 heavy (non-hydrogen) atoms. The molecule has 0 spiro atoms. The summed E-state index contributed by atoms with van der Waals surface area (Å²) in [7, 11) is 0. The van der Waals surface area contributed by atoms with Gasteiger partial charge in [0.05, 0.1) is 6.20 Å². The van der Waals surface area contributed by atoms with E-state index in [1.54, 1.807) is 6.92 Å². The first-order valence-electron chi connectivity index (χ1n) is 5.29. The lowest BCUT2D eigenvalue weighted by molar-refractivity contribution is 0.720. The maximum absolute atomic E-state index is 11.7. The highest BCUT2D eigenvalue weighted by atomic mass is 16.2. The molecular formula is C9H9N7O2. The Hall–Kier alpha value is -2.71. The summed E-state index contributed by atoms with van der Waals surface area (Å²) in [6, 6.07) is 0. The molecule has 0 bridgehead atoms. The number of nitrogens with one attached hydrogen (secondary N) is 3. The molecule has 0 fully saturated rings. The van der Waals surface area contributed by atoms with E-state index in [0.29, 0.717) is 23.7 Å². The Morgan fingerprint density at radius 2 is 2.17 bits per heavy atom. The highest BCUT2D eigenvalue weighted by Crippen LogP contribution is 2.13. The summed E-state index contributed by atoms with van der Waals surface area (Å²) in [6.07, 6.45) is 1.47. The molecule has 3 N–H and O–H groups in total. The zero-order valence-electron chi connectivity index (χ0n) is 9.39. The molecule has 9 heteroatoms. The van der Waals surface area contributed by atoms with Crippen molar-refractivity contribution < 1.29 is 0 Å². The maximum atomic E-state index is 11.7. The van der Waals surface area contributed by atoms with E-state index in [4.69, 9.17) is 0 Å². The van der Waals surface area contributed by atoms with Crippen LogP contribution in [-0.4, -0.2) is 34.9 Å². The van der Waals surface area contributed by atoms with Gasteiger partial charge in [0, 0.05) is 6.54 Å². The monoisotopic (exact) mass is 247 g/mol. The Morgan fingerprint density at radius 1 is 1.33 bits per heavy atom. The molecular weight excluding hydrogens is 238 g/mol. The molecule has 0 radical (unpaired) electrons. The predicted molar refractivity (Wildman–Crippen MR) is 62.0 cm³/mol. The normalized spacial score (nSPS) is 11.2. The number of rotatable bonds is 2. The second-order valence-electron chi connectivity index (χ2n) is 3.64. The number of aromatic amines is 3. The highest BCUT2D eigenvalue weighted by Gasteiger charge is 2.14. The van der Waals surface area contributed by atoms with Crippen LogP contribution in [0.4, 0.5) is 0 Å². The smallest absolute Gasteiger partial charge is 0.330 e. The molecule has 0 unspecified atom stereocenters. The Bertz CT molecular complexity index is 808. The lowest BCUT2D eigenvalue weighted by Gasteiger charge is -1.99.